The Bertz CT molecular complexity index is 744. The van der Waals surface area contributed by atoms with Crippen molar-refractivity contribution in [3.8, 4) is 17.6 Å². The number of ether oxygens (including phenoxy) is 1. The van der Waals surface area contributed by atoms with Gasteiger partial charge in [0.1, 0.15) is 17.6 Å². The summed E-state index contributed by atoms with van der Waals surface area (Å²) in [5.41, 5.74) is 1.18. The summed E-state index contributed by atoms with van der Waals surface area (Å²) >= 11 is 0. The van der Waals surface area contributed by atoms with Crippen molar-refractivity contribution in [1.29, 1.82) is 5.26 Å². The van der Waals surface area contributed by atoms with E-state index in [0.29, 0.717) is 22.7 Å². The molecule has 2 aromatic carbocycles. The number of nitrogens with zero attached hydrogens (tertiary/aromatic N) is 1. The Hall–Kier alpha value is -3.00. The van der Waals surface area contributed by atoms with Crippen molar-refractivity contribution in [2.24, 2.45) is 0 Å². The normalized spacial score (nSPS) is 14.0. The van der Waals surface area contributed by atoms with Gasteiger partial charge in [-0.25, -0.2) is 4.79 Å². The van der Waals surface area contributed by atoms with Crippen molar-refractivity contribution in [3.05, 3.63) is 54.1 Å². The molecule has 0 unspecified atom stereocenters. The standard InChI is InChI=1S/C19H19N3O2/c20-13-14-5-1-4-8-18(14)24-17-11-9-16(10-12-17)22-19(23)21-15-6-2-3-7-15/h1,4-5,8-12,15H,2-3,6-7H2,(H2,21,22,23). The Morgan fingerprint density at radius 3 is 2.50 bits per heavy atom. The lowest BCUT2D eigenvalue weighted by Crippen LogP contribution is -2.36. The molecule has 0 radical (unpaired) electrons. The maximum atomic E-state index is 11.9. The minimum Gasteiger partial charge on any atom is -0.456 e. The number of carbonyl (C=O) groups excluding carboxylic acids is 1. The van der Waals surface area contributed by atoms with Crippen LogP contribution in [0.5, 0.6) is 11.5 Å². The first-order valence-electron chi connectivity index (χ1n) is 8.09. The fraction of sp³-hybridized carbons (Fsp3) is 0.263. The van der Waals surface area contributed by atoms with Gasteiger partial charge < -0.3 is 15.4 Å². The Morgan fingerprint density at radius 2 is 1.79 bits per heavy atom. The van der Waals surface area contributed by atoms with Gasteiger partial charge in [0.05, 0.1) is 5.56 Å². The van der Waals surface area contributed by atoms with Gasteiger partial charge in [0.25, 0.3) is 0 Å². The first-order chi connectivity index (χ1) is 11.7. The fourth-order valence-electron chi connectivity index (χ4n) is 2.80. The predicted octanol–water partition coefficient (Wildman–Crippen LogP) is 4.41. The lowest BCUT2D eigenvalue weighted by atomic mass is 10.2. The Morgan fingerprint density at radius 1 is 1.08 bits per heavy atom. The molecule has 24 heavy (non-hydrogen) atoms. The molecule has 0 heterocycles. The van der Waals surface area contributed by atoms with Crippen LogP contribution in [0.2, 0.25) is 0 Å². The number of nitrogens with one attached hydrogen (secondary N) is 2. The highest BCUT2D eigenvalue weighted by molar-refractivity contribution is 5.89. The van der Waals surface area contributed by atoms with Crippen LogP contribution in [-0.2, 0) is 0 Å². The summed E-state index contributed by atoms with van der Waals surface area (Å²) in [7, 11) is 0. The van der Waals surface area contributed by atoms with Crippen LogP contribution in [0.1, 0.15) is 31.2 Å². The highest BCUT2D eigenvalue weighted by atomic mass is 16.5. The zero-order valence-electron chi connectivity index (χ0n) is 13.3. The molecule has 0 bridgehead atoms. The van der Waals surface area contributed by atoms with Gasteiger partial charge in [-0.1, -0.05) is 25.0 Å². The van der Waals surface area contributed by atoms with E-state index in [4.69, 9.17) is 10.00 Å². The quantitative estimate of drug-likeness (QED) is 0.875. The van der Waals surface area contributed by atoms with Crippen LogP contribution in [-0.4, -0.2) is 12.1 Å². The SMILES string of the molecule is N#Cc1ccccc1Oc1ccc(NC(=O)NC2CCCC2)cc1. The maximum Gasteiger partial charge on any atom is 0.319 e. The average molecular weight is 321 g/mol. The summed E-state index contributed by atoms with van der Waals surface area (Å²) in [4.78, 5) is 11.9. The molecule has 0 saturated heterocycles. The smallest absolute Gasteiger partial charge is 0.319 e. The first-order valence-corrected chi connectivity index (χ1v) is 8.09. The Labute approximate surface area is 141 Å². The van der Waals surface area contributed by atoms with Crippen molar-refractivity contribution >= 4 is 11.7 Å². The highest BCUT2D eigenvalue weighted by Crippen LogP contribution is 2.26. The van der Waals surface area contributed by atoms with E-state index in [9.17, 15) is 4.79 Å². The van der Waals surface area contributed by atoms with Crippen LogP contribution in [0, 0.1) is 11.3 Å². The molecule has 2 N–H and O–H groups in total. The van der Waals surface area contributed by atoms with E-state index >= 15 is 0 Å². The third-order valence-corrected chi connectivity index (χ3v) is 4.04. The number of anilines is 1. The Balaban J connectivity index is 1.59. The predicted molar refractivity (Wildman–Crippen MR) is 92.1 cm³/mol. The lowest BCUT2D eigenvalue weighted by Gasteiger charge is -2.13. The lowest BCUT2D eigenvalue weighted by molar-refractivity contribution is 0.248. The molecule has 1 saturated carbocycles. The summed E-state index contributed by atoms with van der Waals surface area (Å²) < 4.78 is 5.72. The second-order valence-corrected chi connectivity index (χ2v) is 5.81. The molecular weight excluding hydrogens is 302 g/mol. The summed E-state index contributed by atoms with van der Waals surface area (Å²) in [6, 6.07) is 16.4. The van der Waals surface area contributed by atoms with Gasteiger partial charge in [-0.05, 0) is 49.2 Å². The van der Waals surface area contributed by atoms with E-state index in [2.05, 4.69) is 16.7 Å². The van der Waals surface area contributed by atoms with Crippen molar-refractivity contribution in [2.45, 2.75) is 31.7 Å². The van der Waals surface area contributed by atoms with Crippen LogP contribution in [0.3, 0.4) is 0 Å². The summed E-state index contributed by atoms with van der Waals surface area (Å²) in [6.07, 6.45) is 4.47. The van der Waals surface area contributed by atoms with E-state index in [1.54, 1.807) is 42.5 Å². The number of amides is 2. The van der Waals surface area contributed by atoms with Gasteiger partial charge in [-0.15, -0.1) is 0 Å². The molecule has 1 aliphatic rings. The summed E-state index contributed by atoms with van der Waals surface area (Å²) in [5.74, 6) is 1.12. The molecule has 1 fully saturated rings. The molecule has 2 aromatic rings. The molecule has 122 valence electrons. The first kappa shape index (κ1) is 15.9. The van der Waals surface area contributed by atoms with E-state index < -0.39 is 0 Å². The molecule has 2 amide bonds. The van der Waals surface area contributed by atoms with E-state index in [1.165, 1.54) is 12.8 Å². The number of urea groups is 1. The summed E-state index contributed by atoms with van der Waals surface area (Å²) in [6.45, 7) is 0. The zero-order chi connectivity index (χ0) is 16.8. The van der Waals surface area contributed by atoms with Crippen LogP contribution in [0.15, 0.2) is 48.5 Å². The molecule has 0 atom stereocenters. The van der Waals surface area contributed by atoms with Gasteiger partial charge in [0.15, 0.2) is 0 Å². The number of benzene rings is 2. The van der Waals surface area contributed by atoms with Crippen LogP contribution in [0.4, 0.5) is 10.5 Å². The largest absolute Gasteiger partial charge is 0.456 e. The molecule has 0 spiro atoms. The third kappa shape index (κ3) is 4.05. The number of rotatable bonds is 4. The molecule has 0 aliphatic heterocycles. The molecule has 5 heteroatoms. The second-order valence-electron chi connectivity index (χ2n) is 5.81. The van der Waals surface area contributed by atoms with Crippen LogP contribution >= 0.6 is 0 Å². The number of hydrogen-bond acceptors (Lipinski definition) is 3. The molecule has 5 nitrogen and oxygen atoms in total. The van der Waals surface area contributed by atoms with Crippen molar-refractivity contribution < 1.29 is 9.53 Å². The number of para-hydroxylation sites is 1. The van der Waals surface area contributed by atoms with Crippen molar-refractivity contribution in [3.63, 3.8) is 0 Å². The molecule has 3 rings (SSSR count). The Kier molecular flexibility index (Phi) is 4.97. The number of hydrogen-bond donors (Lipinski definition) is 2. The van der Waals surface area contributed by atoms with E-state index in [1.807, 2.05) is 6.07 Å². The minimum atomic E-state index is -0.176. The molecule has 0 aromatic heterocycles. The van der Waals surface area contributed by atoms with Crippen LogP contribution < -0.4 is 15.4 Å². The van der Waals surface area contributed by atoms with Gasteiger partial charge in [-0.2, -0.15) is 5.26 Å². The third-order valence-electron chi connectivity index (χ3n) is 4.04. The van der Waals surface area contributed by atoms with E-state index in [0.717, 1.165) is 12.8 Å². The monoisotopic (exact) mass is 321 g/mol. The molecular formula is C19H19N3O2. The minimum absolute atomic E-state index is 0.176. The van der Waals surface area contributed by atoms with E-state index in [-0.39, 0.29) is 12.1 Å². The van der Waals surface area contributed by atoms with Crippen molar-refractivity contribution in [1.82, 2.24) is 5.32 Å². The fourth-order valence-corrected chi connectivity index (χ4v) is 2.80. The topological polar surface area (TPSA) is 74.1 Å². The molecule has 1 aliphatic carbocycles. The van der Waals surface area contributed by atoms with Gasteiger partial charge in [0, 0.05) is 11.7 Å². The van der Waals surface area contributed by atoms with Gasteiger partial charge in [-0.3, -0.25) is 0 Å². The van der Waals surface area contributed by atoms with Crippen molar-refractivity contribution in [2.75, 3.05) is 5.32 Å². The number of nitriles is 1. The number of carbonyl (C=O) groups is 1. The zero-order valence-corrected chi connectivity index (χ0v) is 13.3. The van der Waals surface area contributed by atoms with Crippen LogP contribution in [0.25, 0.3) is 0 Å². The second kappa shape index (κ2) is 7.51. The average Bonchev–Trinajstić information content (AvgIpc) is 3.10. The maximum absolute atomic E-state index is 11.9. The van der Waals surface area contributed by atoms with Gasteiger partial charge in [0.2, 0.25) is 0 Å². The summed E-state index contributed by atoms with van der Waals surface area (Å²) in [5, 5.41) is 14.9. The highest BCUT2D eigenvalue weighted by Gasteiger charge is 2.16. The van der Waals surface area contributed by atoms with Gasteiger partial charge >= 0.3 is 6.03 Å².